The number of alkyl halides is 3. The van der Waals surface area contributed by atoms with Crippen molar-refractivity contribution in [1.29, 1.82) is 0 Å². The number of hydrogen-bond donors (Lipinski definition) is 2. The van der Waals surface area contributed by atoms with E-state index in [4.69, 9.17) is 11.6 Å². The van der Waals surface area contributed by atoms with E-state index in [1.807, 2.05) is 13.8 Å². The molecule has 2 aromatic heterocycles. The van der Waals surface area contributed by atoms with E-state index >= 15 is 0 Å². The van der Waals surface area contributed by atoms with Crippen molar-refractivity contribution in [3.8, 4) is 5.82 Å². The Labute approximate surface area is 218 Å². The second-order valence-corrected chi connectivity index (χ2v) is 10.6. The molecule has 7 nitrogen and oxygen atoms in total. The quantitative estimate of drug-likeness (QED) is 0.300. The molecule has 3 rings (SSSR count). The molecule has 3 aromatic rings. The largest absolute Gasteiger partial charge is 0.435 e. The molecule has 180 valence electrons. The Bertz CT molecular complexity index is 1250. The number of nitrogens with zero attached hydrogens (tertiary/aromatic N) is 3. The van der Waals surface area contributed by atoms with E-state index in [-0.39, 0.29) is 27.3 Å². The number of carbonyl (C=O) groups excluding carboxylic acids is 2. The van der Waals surface area contributed by atoms with Gasteiger partial charge in [0.05, 0.1) is 16.3 Å². The maximum Gasteiger partial charge on any atom is 0.435 e. The average Bonchev–Trinajstić information content (AvgIpc) is 3.20. The summed E-state index contributed by atoms with van der Waals surface area (Å²) >= 11 is 13.8. The lowest BCUT2D eigenvalue weighted by atomic mass is 10.1. The Kier molecular flexibility index (Phi) is 8.32. The van der Waals surface area contributed by atoms with Gasteiger partial charge in [-0.15, -0.1) is 0 Å². The van der Waals surface area contributed by atoms with Gasteiger partial charge in [-0.25, -0.2) is 9.67 Å². The standard InChI is InChI=1S/C20H15Br2ClF3N5O2S/c1-9(2)34-30-18(32)11-6-10(21)7-12(22)16(11)28-19(33)14-8-15(20(24,25)26)29-31(14)17-13(23)4-3-5-27-17/h3-9H,1-2H3,(H,28,33)(H,30,32). The molecule has 2 heterocycles. The molecule has 0 unspecified atom stereocenters. The number of rotatable bonds is 6. The van der Waals surface area contributed by atoms with Crippen LogP contribution in [0.1, 0.15) is 40.4 Å². The van der Waals surface area contributed by atoms with Crippen LogP contribution in [0.25, 0.3) is 5.82 Å². The first-order chi connectivity index (χ1) is 15.9. The van der Waals surface area contributed by atoms with Crippen LogP contribution in [0.15, 0.2) is 45.5 Å². The first kappa shape index (κ1) is 26.5. The van der Waals surface area contributed by atoms with Gasteiger partial charge in [0, 0.05) is 26.5 Å². The van der Waals surface area contributed by atoms with Gasteiger partial charge in [0.2, 0.25) is 0 Å². The minimum absolute atomic E-state index is 0.0102. The number of hydrogen-bond acceptors (Lipinski definition) is 5. The first-order valence-electron chi connectivity index (χ1n) is 9.43. The Hall–Kier alpha value is -2.09. The fraction of sp³-hybridized carbons (Fsp3) is 0.200. The third kappa shape index (κ3) is 6.12. The van der Waals surface area contributed by atoms with Gasteiger partial charge in [-0.05, 0) is 52.1 Å². The minimum Gasteiger partial charge on any atom is -0.319 e. The number of benzene rings is 1. The van der Waals surface area contributed by atoms with Gasteiger partial charge in [-0.1, -0.05) is 41.4 Å². The number of aromatic nitrogens is 3. The van der Waals surface area contributed by atoms with Crippen LogP contribution in [0.3, 0.4) is 0 Å². The zero-order valence-corrected chi connectivity index (χ0v) is 22.1. The van der Waals surface area contributed by atoms with E-state index in [1.54, 1.807) is 6.07 Å². The Morgan fingerprint density at radius 2 is 1.88 bits per heavy atom. The highest BCUT2D eigenvalue weighted by Gasteiger charge is 2.37. The van der Waals surface area contributed by atoms with Crippen LogP contribution >= 0.6 is 55.4 Å². The summed E-state index contributed by atoms with van der Waals surface area (Å²) in [5, 5.41) is 6.09. The molecule has 0 aliphatic rings. The van der Waals surface area contributed by atoms with Crippen molar-refractivity contribution in [3.05, 3.63) is 67.4 Å². The number of halogens is 6. The summed E-state index contributed by atoms with van der Waals surface area (Å²) in [4.78, 5) is 29.8. The molecular formula is C20H15Br2ClF3N5O2S. The van der Waals surface area contributed by atoms with E-state index < -0.39 is 29.4 Å². The van der Waals surface area contributed by atoms with Gasteiger partial charge in [0.1, 0.15) is 5.69 Å². The fourth-order valence-electron chi connectivity index (χ4n) is 2.66. The summed E-state index contributed by atoms with van der Waals surface area (Å²) in [6, 6.07) is 6.53. The highest BCUT2D eigenvalue weighted by atomic mass is 79.9. The van der Waals surface area contributed by atoms with E-state index in [2.05, 4.69) is 52.0 Å². The third-order valence-electron chi connectivity index (χ3n) is 4.10. The van der Waals surface area contributed by atoms with Crippen LogP contribution in [0.2, 0.25) is 5.02 Å². The van der Waals surface area contributed by atoms with Crippen LogP contribution < -0.4 is 10.0 Å². The number of nitrogens with one attached hydrogen (secondary N) is 2. The molecule has 0 saturated heterocycles. The summed E-state index contributed by atoms with van der Waals surface area (Å²) in [5.74, 6) is -1.63. The van der Waals surface area contributed by atoms with E-state index in [1.165, 1.54) is 36.3 Å². The van der Waals surface area contributed by atoms with Crippen LogP contribution in [0.4, 0.5) is 18.9 Å². The Morgan fingerprint density at radius 3 is 2.50 bits per heavy atom. The second kappa shape index (κ2) is 10.7. The Morgan fingerprint density at radius 1 is 1.18 bits per heavy atom. The molecule has 0 spiro atoms. The topological polar surface area (TPSA) is 88.9 Å². The van der Waals surface area contributed by atoms with Gasteiger partial charge in [0.25, 0.3) is 11.8 Å². The predicted molar refractivity (Wildman–Crippen MR) is 131 cm³/mol. The van der Waals surface area contributed by atoms with Crippen molar-refractivity contribution >= 4 is 72.9 Å². The molecule has 14 heteroatoms. The van der Waals surface area contributed by atoms with Gasteiger partial charge in [-0.3, -0.25) is 14.3 Å². The molecule has 0 aliphatic heterocycles. The molecule has 0 radical (unpaired) electrons. The van der Waals surface area contributed by atoms with E-state index in [9.17, 15) is 22.8 Å². The number of carbonyl (C=O) groups is 2. The number of anilines is 1. The highest BCUT2D eigenvalue weighted by molar-refractivity contribution is 9.11. The first-order valence-corrected chi connectivity index (χ1v) is 12.3. The maximum absolute atomic E-state index is 13.4. The minimum atomic E-state index is -4.82. The summed E-state index contributed by atoms with van der Waals surface area (Å²) in [6.07, 6.45) is -3.52. The molecule has 0 saturated carbocycles. The smallest absolute Gasteiger partial charge is 0.319 e. The number of pyridine rings is 1. The molecule has 0 aliphatic carbocycles. The zero-order chi connectivity index (χ0) is 25.2. The molecular weight excluding hydrogens is 627 g/mol. The van der Waals surface area contributed by atoms with Gasteiger partial charge in [-0.2, -0.15) is 18.3 Å². The van der Waals surface area contributed by atoms with E-state index in [0.717, 1.165) is 0 Å². The molecule has 0 atom stereocenters. The van der Waals surface area contributed by atoms with Gasteiger partial charge >= 0.3 is 6.18 Å². The van der Waals surface area contributed by atoms with E-state index in [0.29, 0.717) is 19.7 Å². The second-order valence-electron chi connectivity index (χ2n) is 7.00. The molecule has 0 bridgehead atoms. The van der Waals surface area contributed by atoms with Crippen molar-refractivity contribution in [2.24, 2.45) is 0 Å². The normalized spacial score (nSPS) is 11.6. The molecule has 2 amide bonds. The lowest BCUT2D eigenvalue weighted by molar-refractivity contribution is -0.141. The van der Waals surface area contributed by atoms with Crippen molar-refractivity contribution < 1.29 is 22.8 Å². The van der Waals surface area contributed by atoms with Crippen molar-refractivity contribution in [2.45, 2.75) is 25.3 Å². The average molecular weight is 642 g/mol. The van der Waals surface area contributed by atoms with Crippen LogP contribution in [-0.2, 0) is 6.18 Å². The third-order valence-corrected chi connectivity index (χ3v) is 6.25. The summed E-state index contributed by atoms with van der Waals surface area (Å²) < 4.78 is 44.4. The monoisotopic (exact) mass is 639 g/mol. The SMILES string of the molecule is CC(C)SNC(=O)c1cc(Br)cc(Br)c1NC(=O)c1cc(C(F)(F)F)nn1-c1ncccc1Cl. The molecule has 1 aromatic carbocycles. The summed E-state index contributed by atoms with van der Waals surface area (Å²) in [5.41, 5.74) is -1.64. The zero-order valence-electron chi connectivity index (χ0n) is 17.4. The Balaban J connectivity index is 2.06. The maximum atomic E-state index is 13.4. The van der Waals surface area contributed by atoms with Gasteiger partial charge in [0.15, 0.2) is 11.5 Å². The lowest BCUT2D eigenvalue weighted by Gasteiger charge is -2.15. The van der Waals surface area contributed by atoms with Crippen molar-refractivity contribution in [1.82, 2.24) is 19.5 Å². The number of amides is 2. The van der Waals surface area contributed by atoms with Gasteiger partial charge < -0.3 is 5.32 Å². The predicted octanol–water partition coefficient (Wildman–Crippen LogP) is 6.50. The van der Waals surface area contributed by atoms with Crippen LogP contribution in [0, 0.1) is 0 Å². The fourth-order valence-corrected chi connectivity index (χ4v) is 4.64. The molecule has 34 heavy (non-hydrogen) atoms. The van der Waals surface area contributed by atoms with Crippen LogP contribution in [-0.4, -0.2) is 31.8 Å². The molecule has 0 fully saturated rings. The summed E-state index contributed by atoms with van der Waals surface area (Å²) in [6.45, 7) is 3.76. The highest BCUT2D eigenvalue weighted by Crippen LogP contribution is 2.34. The van der Waals surface area contributed by atoms with Crippen LogP contribution in [0.5, 0.6) is 0 Å². The van der Waals surface area contributed by atoms with Crippen molar-refractivity contribution in [2.75, 3.05) is 5.32 Å². The lowest BCUT2D eigenvalue weighted by Crippen LogP contribution is -2.23. The van der Waals surface area contributed by atoms with Crippen molar-refractivity contribution in [3.63, 3.8) is 0 Å². The summed E-state index contributed by atoms with van der Waals surface area (Å²) in [7, 11) is 0. The molecule has 2 N–H and O–H groups in total.